The maximum atomic E-state index is 6.01. The molecule has 2 aromatic rings. The van der Waals surface area contributed by atoms with E-state index in [9.17, 15) is 0 Å². The van der Waals surface area contributed by atoms with Gasteiger partial charge >= 0.3 is 0 Å². The Bertz CT molecular complexity index is 587. The minimum Gasteiger partial charge on any atom is -0.317 e. The fourth-order valence-electron chi connectivity index (χ4n) is 3.02. The molecular weight excluding hydrogens is 284 g/mol. The van der Waals surface area contributed by atoms with Gasteiger partial charge in [0, 0.05) is 18.9 Å². The van der Waals surface area contributed by atoms with Crippen molar-refractivity contribution in [3.63, 3.8) is 0 Å². The molecule has 0 atom stereocenters. The third kappa shape index (κ3) is 3.76. The predicted octanol–water partition coefficient (Wildman–Crippen LogP) is 2.81. The summed E-state index contributed by atoms with van der Waals surface area (Å²) in [5, 5.41) is 4.20. The summed E-state index contributed by atoms with van der Waals surface area (Å²) in [6.07, 6.45) is 6.57. The molecule has 0 amide bonds. The van der Waals surface area contributed by atoms with Gasteiger partial charge in [-0.1, -0.05) is 18.5 Å². The smallest absolute Gasteiger partial charge is 0.137 e. The van der Waals surface area contributed by atoms with Gasteiger partial charge in [-0.3, -0.25) is 4.90 Å². The third-order valence-electron chi connectivity index (χ3n) is 4.24. The Morgan fingerprint density at radius 3 is 2.86 bits per heavy atom. The molecule has 1 N–H and O–H groups in total. The summed E-state index contributed by atoms with van der Waals surface area (Å²) in [5.74, 6) is 0.834. The van der Waals surface area contributed by atoms with E-state index in [1.165, 1.54) is 25.9 Å². The van der Waals surface area contributed by atoms with Crippen LogP contribution >= 0.6 is 11.6 Å². The minimum absolute atomic E-state index is 0.746. The van der Waals surface area contributed by atoms with Crippen LogP contribution in [0.25, 0.3) is 5.65 Å². The van der Waals surface area contributed by atoms with Crippen LogP contribution < -0.4 is 5.32 Å². The molecule has 3 heterocycles. The number of aromatic nitrogens is 2. The van der Waals surface area contributed by atoms with Crippen molar-refractivity contribution in [3.05, 3.63) is 35.2 Å². The molecule has 1 fully saturated rings. The summed E-state index contributed by atoms with van der Waals surface area (Å²) in [6.45, 7) is 7.69. The van der Waals surface area contributed by atoms with E-state index in [-0.39, 0.29) is 0 Å². The molecule has 0 unspecified atom stereocenters. The lowest BCUT2D eigenvalue weighted by Crippen LogP contribution is -2.36. The van der Waals surface area contributed by atoms with Gasteiger partial charge in [-0.2, -0.15) is 0 Å². The summed E-state index contributed by atoms with van der Waals surface area (Å²) in [7, 11) is 0. The van der Waals surface area contributed by atoms with E-state index < -0.39 is 0 Å². The zero-order valence-corrected chi connectivity index (χ0v) is 13.3. The van der Waals surface area contributed by atoms with Crippen LogP contribution in [0.5, 0.6) is 0 Å². The number of nitrogens with one attached hydrogen (secondary N) is 1. The fourth-order valence-corrected chi connectivity index (χ4v) is 3.19. The average molecular weight is 307 g/mol. The van der Waals surface area contributed by atoms with Crippen LogP contribution in [0.2, 0.25) is 5.02 Å². The van der Waals surface area contributed by atoms with Crippen molar-refractivity contribution in [2.45, 2.75) is 26.3 Å². The van der Waals surface area contributed by atoms with Gasteiger partial charge in [0.05, 0.1) is 10.7 Å². The minimum atomic E-state index is 0.746. The molecule has 21 heavy (non-hydrogen) atoms. The van der Waals surface area contributed by atoms with E-state index in [1.54, 1.807) is 0 Å². The lowest BCUT2D eigenvalue weighted by atomic mass is 9.97. The molecule has 1 aliphatic rings. The van der Waals surface area contributed by atoms with Crippen LogP contribution in [-0.2, 0) is 6.54 Å². The number of fused-ring (bicyclic) bond motifs is 1. The molecule has 3 rings (SSSR count). The van der Waals surface area contributed by atoms with Crippen molar-refractivity contribution >= 4 is 17.2 Å². The van der Waals surface area contributed by atoms with Crippen LogP contribution in [0.3, 0.4) is 0 Å². The molecule has 4 nitrogen and oxygen atoms in total. The number of imidazole rings is 1. The van der Waals surface area contributed by atoms with Gasteiger partial charge in [-0.05, 0) is 57.1 Å². The van der Waals surface area contributed by atoms with E-state index in [4.69, 9.17) is 11.6 Å². The van der Waals surface area contributed by atoms with Gasteiger partial charge in [-0.15, -0.1) is 0 Å². The summed E-state index contributed by atoms with van der Waals surface area (Å²) in [4.78, 5) is 7.17. The number of rotatable bonds is 5. The van der Waals surface area contributed by atoms with Gasteiger partial charge in [-0.25, -0.2) is 4.98 Å². The lowest BCUT2D eigenvalue weighted by Gasteiger charge is -2.31. The van der Waals surface area contributed by atoms with Gasteiger partial charge in [0.1, 0.15) is 5.65 Å². The highest BCUT2D eigenvalue weighted by molar-refractivity contribution is 6.30. The summed E-state index contributed by atoms with van der Waals surface area (Å²) in [6, 6.07) is 3.86. The Hall–Kier alpha value is -1.10. The Kier molecular flexibility index (Phi) is 4.78. The van der Waals surface area contributed by atoms with Gasteiger partial charge in [0.25, 0.3) is 0 Å². The number of likely N-dealkylation sites (tertiary alicyclic amines) is 1. The first-order valence-corrected chi connectivity index (χ1v) is 8.18. The Morgan fingerprint density at radius 1 is 1.29 bits per heavy atom. The number of pyridine rings is 1. The van der Waals surface area contributed by atoms with Crippen molar-refractivity contribution in [1.82, 2.24) is 19.6 Å². The third-order valence-corrected chi connectivity index (χ3v) is 4.46. The van der Waals surface area contributed by atoms with Gasteiger partial charge < -0.3 is 9.72 Å². The van der Waals surface area contributed by atoms with Crippen LogP contribution in [-0.4, -0.2) is 40.5 Å². The first kappa shape index (κ1) is 14.8. The van der Waals surface area contributed by atoms with Gasteiger partial charge in [0.15, 0.2) is 0 Å². The molecule has 0 saturated carbocycles. The number of piperidine rings is 1. The molecule has 5 heteroatoms. The molecule has 0 bridgehead atoms. The standard InChI is InChI=1S/C16H23ClN4/c1-2-18-9-13-5-7-20(8-6-13)11-15-12-21-10-14(17)3-4-16(21)19-15/h3-4,10,12-13,18H,2,5-9,11H2,1H3. The number of hydrogen-bond acceptors (Lipinski definition) is 3. The molecule has 0 spiro atoms. The number of halogens is 1. The van der Waals surface area contributed by atoms with E-state index in [0.717, 1.165) is 41.9 Å². The lowest BCUT2D eigenvalue weighted by molar-refractivity contribution is 0.174. The largest absolute Gasteiger partial charge is 0.317 e. The molecular formula is C16H23ClN4. The highest BCUT2D eigenvalue weighted by Crippen LogP contribution is 2.19. The maximum absolute atomic E-state index is 6.01. The number of nitrogens with zero attached hydrogens (tertiary/aromatic N) is 3. The summed E-state index contributed by atoms with van der Waals surface area (Å²) in [5.41, 5.74) is 2.10. The normalized spacial score (nSPS) is 17.6. The van der Waals surface area contributed by atoms with Crippen LogP contribution in [0, 0.1) is 5.92 Å². The Labute approximate surface area is 131 Å². The highest BCUT2D eigenvalue weighted by atomic mass is 35.5. The SMILES string of the molecule is CCNCC1CCN(Cc2cn3cc(Cl)ccc3n2)CC1. The van der Waals surface area contributed by atoms with E-state index in [1.807, 2.05) is 22.7 Å². The van der Waals surface area contributed by atoms with Crippen molar-refractivity contribution in [3.8, 4) is 0 Å². The second-order valence-electron chi connectivity index (χ2n) is 5.87. The second-order valence-corrected chi connectivity index (χ2v) is 6.31. The quantitative estimate of drug-likeness (QED) is 0.922. The second kappa shape index (κ2) is 6.77. The van der Waals surface area contributed by atoms with Crippen LogP contribution in [0.15, 0.2) is 24.5 Å². The van der Waals surface area contributed by atoms with Gasteiger partial charge in [0.2, 0.25) is 0 Å². The fraction of sp³-hybridized carbons (Fsp3) is 0.562. The zero-order chi connectivity index (χ0) is 14.7. The van der Waals surface area contributed by atoms with Crippen LogP contribution in [0.1, 0.15) is 25.5 Å². The average Bonchev–Trinajstić information content (AvgIpc) is 2.88. The first-order chi connectivity index (χ1) is 10.2. The molecule has 2 aromatic heterocycles. The van der Waals surface area contributed by atoms with E-state index in [0.29, 0.717) is 0 Å². The Morgan fingerprint density at radius 2 is 2.10 bits per heavy atom. The topological polar surface area (TPSA) is 32.6 Å². The first-order valence-electron chi connectivity index (χ1n) is 7.81. The number of hydrogen-bond donors (Lipinski definition) is 1. The Balaban J connectivity index is 1.56. The highest BCUT2D eigenvalue weighted by Gasteiger charge is 2.19. The predicted molar refractivity (Wildman–Crippen MR) is 86.7 cm³/mol. The molecule has 0 radical (unpaired) electrons. The molecule has 0 aliphatic carbocycles. The van der Waals surface area contributed by atoms with Crippen molar-refractivity contribution in [2.24, 2.45) is 5.92 Å². The molecule has 114 valence electrons. The van der Waals surface area contributed by atoms with Crippen LogP contribution in [0.4, 0.5) is 0 Å². The zero-order valence-electron chi connectivity index (χ0n) is 12.6. The van der Waals surface area contributed by atoms with Crippen molar-refractivity contribution < 1.29 is 0 Å². The summed E-state index contributed by atoms with van der Waals surface area (Å²) < 4.78 is 2.01. The van der Waals surface area contributed by atoms with Crippen molar-refractivity contribution in [1.29, 1.82) is 0 Å². The molecule has 1 aliphatic heterocycles. The van der Waals surface area contributed by atoms with E-state index in [2.05, 4.69) is 28.3 Å². The van der Waals surface area contributed by atoms with E-state index >= 15 is 0 Å². The molecule has 0 aromatic carbocycles. The monoisotopic (exact) mass is 306 g/mol. The molecule has 1 saturated heterocycles. The maximum Gasteiger partial charge on any atom is 0.137 e. The summed E-state index contributed by atoms with van der Waals surface area (Å²) >= 11 is 6.01. The van der Waals surface area contributed by atoms with Crippen molar-refractivity contribution in [2.75, 3.05) is 26.2 Å².